The highest BCUT2D eigenvalue weighted by molar-refractivity contribution is 6.35. The van der Waals surface area contributed by atoms with Gasteiger partial charge >= 0.3 is 0 Å². The van der Waals surface area contributed by atoms with E-state index in [1.54, 1.807) is 17.0 Å². The number of carbonyl (C=O) groups excluding carboxylic acids is 1. The summed E-state index contributed by atoms with van der Waals surface area (Å²) in [6, 6.07) is 5.33. The molecule has 1 fully saturated rings. The molecule has 1 amide bonds. The average molecular weight is 315 g/mol. The van der Waals surface area contributed by atoms with Gasteiger partial charge in [0.1, 0.15) is 0 Å². The molecule has 3 unspecified atom stereocenters. The predicted molar refractivity (Wildman–Crippen MR) is 83.2 cm³/mol. The van der Waals surface area contributed by atoms with Gasteiger partial charge in [-0.2, -0.15) is 0 Å². The number of benzene rings is 1. The minimum Gasteiger partial charge on any atom is -0.339 e. The summed E-state index contributed by atoms with van der Waals surface area (Å²) in [5.41, 5.74) is 0.922. The molecule has 0 spiro atoms. The fraction of sp³-hybridized carbons (Fsp3) is 0.533. The monoisotopic (exact) mass is 314 g/mol. The third-order valence-electron chi connectivity index (χ3n) is 4.18. The summed E-state index contributed by atoms with van der Waals surface area (Å²) < 4.78 is 0. The lowest BCUT2D eigenvalue weighted by Crippen LogP contribution is -2.37. The fourth-order valence-corrected chi connectivity index (χ4v) is 3.21. The van der Waals surface area contributed by atoms with Crippen LogP contribution in [0.25, 0.3) is 0 Å². The zero-order valence-electron chi connectivity index (χ0n) is 12.0. The second-order valence-corrected chi connectivity index (χ2v) is 6.38. The van der Waals surface area contributed by atoms with Gasteiger partial charge in [0.25, 0.3) is 0 Å². The number of carbonyl (C=O) groups is 1. The lowest BCUT2D eigenvalue weighted by atomic mass is 9.95. The number of amides is 1. The molecule has 0 aliphatic carbocycles. The second-order valence-electron chi connectivity index (χ2n) is 5.53. The smallest absolute Gasteiger partial charge is 0.227 e. The summed E-state index contributed by atoms with van der Waals surface area (Å²) in [6.07, 6.45) is 0. The first-order chi connectivity index (χ1) is 9.41. The summed E-state index contributed by atoms with van der Waals surface area (Å²) in [4.78, 5) is 14.3. The van der Waals surface area contributed by atoms with Gasteiger partial charge < -0.3 is 10.2 Å². The van der Waals surface area contributed by atoms with E-state index in [-0.39, 0.29) is 17.9 Å². The quantitative estimate of drug-likeness (QED) is 0.927. The Labute approximate surface area is 130 Å². The van der Waals surface area contributed by atoms with Crippen LogP contribution in [0.2, 0.25) is 10.0 Å². The Kier molecular flexibility index (Phi) is 4.95. The third-order valence-corrected chi connectivity index (χ3v) is 4.74. The lowest BCUT2D eigenvalue weighted by Gasteiger charge is -2.29. The lowest BCUT2D eigenvalue weighted by molar-refractivity contribution is -0.136. The van der Waals surface area contributed by atoms with Gasteiger partial charge in [0.2, 0.25) is 5.91 Å². The SMILES string of the molecule is CC1CNCC1C(=O)N(C)C(C)c1ccc(Cl)cc1Cl. The van der Waals surface area contributed by atoms with Crippen LogP contribution in [0.1, 0.15) is 25.5 Å². The van der Waals surface area contributed by atoms with Gasteiger partial charge in [-0.25, -0.2) is 0 Å². The van der Waals surface area contributed by atoms with Gasteiger partial charge in [-0.05, 0) is 37.1 Å². The highest BCUT2D eigenvalue weighted by atomic mass is 35.5. The molecule has 0 aromatic heterocycles. The molecule has 20 heavy (non-hydrogen) atoms. The molecule has 1 saturated heterocycles. The second kappa shape index (κ2) is 6.33. The maximum Gasteiger partial charge on any atom is 0.227 e. The maximum atomic E-state index is 12.6. The first kappa shape index (κ1) is 15.6. The Bertz CT molecular complexity index is 507. The van der Waals surface area contributed by atoms with Crippen LogP contribution in [0.5, 0.6) is 0 Å². The van der Waals surface area contributed by atoms with Crippen molar-refractivity contribution < 1.29 is 4.79 Å². The van der Waals surface area contributed by atoms with Crippen molar-refractivity contribution in [1.29, 1.82) is 0 Å². The molecule has 1 aromatic carbocycles. The average Bonchev–Trinajstić information content (AvgIpc) is 2.82. The number of hydrogen-bond acceptors (Lipinski definition) is 2. The van der Waals surface area contributed by atoms with Crippen molar-refractivity contribution in [2.45, 2.75) is 19.9 Å². The van der Waals surface area contributed by atoms with E-state index in [0.29, 0.717) is 16.0 Å². The van der Waals surface area contributed by atoms with Crippen LogP contribution in [0.3, 0.4) is 0 Å². The van der Waals surface area contributed by atoms with Gasteiger partial charge in [0.15, 0.2) is 0 Å². The van der Waals surface area contributed by atoms with Crippen molar-refractivity contribution in [3.8, 4) is 0 Å². The summed E-state index contributed by atoms with van der Waals surface area (Å²) >= 11 is 12.1. The largest absolute Gasteiger partial charge is 0.339 e. The Morgan fingerprint density at radius 1 is 1.40 bits per heavy atom. The molecule has 1 aliphatic heterocycles. The van der Waals surface area contributed by atoms with Crippen molar-refractivity contribution in [3.05, 3.63) is 33.8 Å². The van der Waals surface area contributed by atoms with Crippen LogP contribution in [-0.2, 0) is 4.79 Å². The first-order valence-electron chi connectivity index (χ1n) is 6.84. The molecule has 0 bridgehead atoms. The van der Waals surface area contributed by atoms with Crippen LogP contribution >= 0.6 is 23.2 Å². The van der Waals surface area contributed by atoms with E-state index in [2.05, 4.69) is 12.2 Å². The van der Waals surface area contributed by atoms with Crippen LogP contribution < -0.4 is 5.32 Å². The third kappa shape index (κ3) is 3.11. The summed E-state index contributed by atoms with van der Waals surface area (Å²) in [6.45, 7) is 5.75. The Morgan fingerprint density at radius 2 is 2.10 bits per heavy atom. The van der Waals surface area contributed by atoms with E-state index in [1.807, 2.05) is 20.0 Å². The molecule has 110 valence electrons. The summed E-state index contributed by atoms with van der Waals surface area (Å²) in [5.74, 6) is 0.590. The Morgan fingerprint density at radius 3 is 2.65 bits per heavy atom. The van der Waals surface area contributed by atoms with E-state index in [9.17, 15) is 4.79 Å². The Balaban J connectivity index is 2.15. The number of halogens is 2. The van der Waals surface area contributed by atoms with E-state index in [4.69, 9.17) is 23.2 Å². The molecular weight excluding hydrogens is 295 g/mol. The van der Waals surface area contributed by atoms with Crippen LogP contribution in [0.15, 0.2) is 18.2 Å². The van der Waals surface area contributed by atoms with Crippen molar-refractivity contribution in [3.63, 3.8) is 0 Å². The summed E-state index contributed by atoms with van der Waals surface area (Å²) in [7, 11) is 1.84. The normalized spacial score (nSPS) is 23.6. The summed E-state index contributed by atoms with van der Waals surface area (Å²) in [5, 5.41) is 4.47. The molecular formula is C15H20Cl2N2O. The molecule has 1 aromatic rings. The number of nitrogens with one attached hydrogen (secondary N) is 1. The van der Waals surface area contributed by atoms with E-state index < -0.39 is 0 Å². The van der Waals surface area contributed by atoms with Gasteiger partial charge in [-0.1, -0.05) is 36.2 Å². The number of rotatable bonds is 3. The molecule has 0 saturated carbocycles. The van der Waals surface area contributed by atoms with E-state index in [0.717, 1.165) is 18.7 Å². The minimum absolute atomic E-state index is 0.0496. The zero-order chi connectivity index (χ0) is 14.9. The molecule has 3 nitrogen and oxygen atoms in total. The van der Waals surface area contributed by atoms with Gasteiger partial charge in [0.05, 0.1) is 12.0 Å². The predicted octanol–water partition coefficient (Wildman–Crippen LogP) is 3.37. The molecule has 5 heteroatoms. The fourth-order valence-electron chi connectivity index (χ4n) is 2.64. The van der Waals surface area contributed by atoms with Gasteiger partial charge in [-0.3, -0.25) is 4.79 Å². The maximum absolute atomic E-state index is 12.6. The van der Waals surface area contributed by atoms with Gasteiger partial charge in [0, 0.05) is 23.6 Å². The topological polar surface area (TPSA) is 32.3 Å². The van der Waals surface area contributed by atoms with Crippen molar-refractivity contribution in [2.75, 3.05) is 20.1 Å². The zero-order valence-corrected chi connectivity index (χ0v) is 13.5. The molecule has 1 N–H and O–H groups in total. The van der Waals surface area contributed by atoms with Crippen molar-refractivity contribution in [2.24, 2.45) is 11.8 Å². The van der Waals surface area contributed by atoms with Crippen LogP contribution in [-0.4, -0.2) is 30.9 Å². The highest BCUT2D eigenvalue weighted by Crippen LogP contribution is 2.30. The minimum atomic E-state index is -0.0694. The number of nitrogens with zero attached hydrogens (tertiary/aromatic N) is 1. The van der Waals surface area contributed by atoms with E-state index in [1.165, 1.54) is 0 Å². The van der Waals surface area contributed by atoms with Crippen molar-refractivity contribution >= 4 is 29.1 Å². The van der Waals surface area contributed by atoms with Gasteiger partial charge in [-0.15, -0.1) is 0 Å². The molecule has 3 atom stereocenters. The number of hydrogen-bond donors (Lipinski definition) is 1. The highest BCUT2D eigenvalue weighted by Gasteiger charge is 2.33. The molecule has 2 rings (SSSR count). The molecule has 1 aliphatic rings. The Hall–Kier alpha value is -0.770. The van der Waals surface area contributed by atoms with Crippen LogP contribution in [0.4, 0.5) is 0 Å². The molecule has 1 heterocycles. The van der Waals surface area contributed by atoms with E-state index >= 15 is 0 Å². The first-order valence-corrected chi connectivity index (χ1v) is 7.59. The standard InChI is InChI=1S/C15H20Cl2N2O/c1-9-7-18-8-13(9)15(20)19(3)10(2)12-5-4-11(16)6-14(12)17/h4-6,9-10,13,18H,7-8H2,1-3H3. The van der Waals surface area contributed by atoms with Crippen molar-refractivity contribution in [1.82, 2.24) is 10.2 Å². The molecule has 0 radical (unpaired) electrons. The van der Waals surface area contributed by atoms with Crippen LogP contribution in [0, 0.1) is 11.8 Å².